The van der Waals surface area contributed by atoms with Crippen LogP contribution in [0.4, 0.5) is 0 Å². The van der Waals surface area contributed by atoms with E-state index < -0.39 is 0 Å². The van der Waals surface area contributed by atoms with Crippen LogP contribution in [0.15, 0.2) is 0 Å². The van der Waals surface area contributed by atoms with Gasteiger partial charge in [0.25, 0.3) is 0 Å². The zero-order valence-electron chi connectivity index (χ0n) is 7.92. The standard InChI is InChI=1S/C10H19NO/c1-11-7-5-10(12,6-8-11)9-3-2-4-9/h9,12H,2-8H2,1H3. The monoisotopic (exact) mass is 169 g/mol. The lowest BCUT2D eigenvalue weighted by Crippen LogP contribution is -2.49. The van der Waals surface area contributed by atoms with Crippen molar-refractivity contribution in [3.8, 4) is 0 Å². The fourth-order valence-electron chi connectivity index (χ4n) is 2.36. The molecule has 0 unspecified atom stereocenters. The highest BCUT2D eigenvalue weighted by molar-refractivity contribution is 4.94. The third-order valence-electron chi connectivity index (χ3n) is 3.72. The number of likely N-dealkylation sites (tertiary alicyclic amines) is 1. The van der Waals surface area contributed by atoms with Crippen molar-refractivity contribution in [2.75, 3.05) is 20.1 Å². The number of rotatable bonds is 1. The first-order valence-corrected chi connectivity index (χ1v) is 5.12. The van der Waals surface area contributed by atoms with Gasteiger partial charge in [-0.1, -0.05) is 6.42 Å². The minimum atomic E-state index is -0.287. The zero-order valence-corrected chi connectivity index (χ0v) is 7.92. The van der Waals surface area contributed by atoms with Crippen LogP contribution in [0.5, 0.6) is 0 Å². The first kappa shape index (κ1) is 8.52. The number of hydrogen-bond donors (Lipinski definition) is 1. The molecule has 12 heavy (non-hydrogen) atoms. The van der Waals surface area contributed by atoms with E-state index in [0.29, 0.717) is 5.92 Å². The molecule has 1 saturated heterocycles. The van der Waals surface area contributed by atoms with Crippen LogP contribution >= 0.6 is 0 Å². The van der Waals surface area contributed by atoms with Crippen LogP contribution in [0.3, 0.4) is 0 Å². The van der Waals surface area contributed by atoms with Crippen molar-refractivity contribution in [2.45, 2.75) is 37.7 Å². The molecule has 2 aliphatic rings. The van der Waals surface area contributed by atoms with Crippen molar-refractivity contribution in [2.24, 2.45) is 5.92 Å². The van der Waals surface area contributed by atoms with Crippen LogP contribution in [-0.2, 0) is 0 Å². The molecule has 0 atom stereocenters. The minimum Gasteiger partial charge on any atom is -0.390 e. The molecule has 1 aliphatic heterocycles. The van der Waals surface area contributed by atoms with Crippen molar-refractivity contribution in [3.63, 3.8) is 0 Å². The van der Waals surface area contributed by atoms with E-state index in [0.717, 1.165) is 25.9 Å². The summed E-state index contributed by atoms with van der Waals surface area (Å²) in [6.45, 7) is 2.15. The second-order valence-electron chi connectivity index (χ2n) is 4.53. The van der Waals surface area contributed by atoms with E-state index in [-0.39, 0.29) is 5.60 Å². The maximum Gasteiger partial charge on any atom is 0.0700 e. The van der Waals surface area contributed by atoms with Crippen molar-refractivity contribution < 1.29 is 5.11 Å². The SMILES string of the molecule is CN1CCC(O)(C2CCC2)CC1. The Kier molecular flexibility index (Phi) is 2.13. The van der Waals surface area contributed by atoms with Gasteiger partial charge in [0.2, 0.25) is 0 Å². The lowest BCUT2D eigenvalue weighted by molar-refractivity contribution is -0.0878. The molecule has 70 valence electrons. The Morgan fingerprint density at radius 2 is 1.83 bits per heavy atom. The maximum absolute atomic E-state index is 10.3. The zero-order chi connectivity index (χ0) is 8.60. The minimum absolute atomic E-state index is 0.287. The van der Waals surface area contributed by atoms with Crippen LogP contribution in [0, 0.1) is 5.92 Å². The normalized spacial score (nSPS) is 31.5. The van der Waals surface area contributed by atoms with Crippen molar-refractivity contribution >= 4 is 0 Å². The molecular formula is C10H19NO. The lowest BCUT2D eigenvalue weighted by Gasteiger charge is -2.45. The molecule has 2 fully saturated rings. The Hall–Kier alpha value is -0.0800. The van der Waals surface area contributed by atoms with E-state index in [9.17, 15) is 5.11 Å². The Labute approximate surface area is 74.6 Å². The highest BCUT2D eigenvalue weighted by atomic mass is 16.3. The van der Waals surface area contributed by atoms with Crippen molar-refractivity contribution in [1.82, 2.24) is 4.90 Å². The van der Waals surface area contributed by atoms with E-state index in [2.05, 4.69) is 11.9 Å². The predicted molar refractivity (Wildman–Crippen MR) is 49.0 cm³/mol. The van der Waals surface area contributed by atoms with E-state index in [1.165, 1.54) is 19.3 Å². The summed E-state index contributed by atoms with van der Waals surface area (Å²) in [6, 6.07) is 0. The first-order valence-electron chi connectivity index (χ1n) is 5.12. The molecule has 0 spiro atoms. The van der Waals surface area contributed by atoms with Gasteiger partial charge in [-0.25, -0.2) is 0 Å². The van der Waals surface area contributed by atoms with Gasteiger partial charge in [0, 0.05) is 13.1 Å². The van der Waals surface area contributed by atoms with Crippen LogP contribution in [0.25, 0.3) is 0 Å². The smallest absolute Gasteiger partial charge is 0.0700 e. The van der Waals surface area contributed by atoms with E-state index >= 15 is 0 Å². The third-order valence-corrected chi connectivity index (χ3v) is 3.72. The van der Waals surface area contributed by atoms with Gasteiger partial charge in [0.15, 0.2) is 0 Å². The topological polar surface area (TPSA) is 23.5 Å². The average molecular weight is 169 g/mol. The Morgan fingerprint density at radius 3 is 2.25 bits per heavy atom. The van der Waals surface area contributed by atoms with E-state index in [1.54, 1.807) is 0 Å². The summed E-state index contributed by atoms with van der Waals surface area (Å²) in [6.07, 6.45) is 5.85. The molecule has 2 nitrogen and oxygen atoms in total. The van der Waals surface area contributed by atoms with Crippen LogP contribution in [0.2, 0.25) is 0 Å². The highest BCUT2D eigenvalue weighted by Crippen LogP contribution is 2.41. The van der Waals surface area contributed by atoms with Gasteiger partial charge >= 0.3 is 0 Å². The molecule has 1 aliphatic carbocycles. The average Bonchev–Trinajstić information content (AvgIpc) is 1.92. The van der Waals surface area contributed by atoms with Crippen molar-refractivity contribution in [1.29, 1.82) is 0 Å². The quantitative estimate of drug-likeness (QED) is 0.638. The third kappa shape index (κ3) is 1.38. The fourth-order valence-corrected chi connectivity index (χ4v) is 2.36. The van der Waals surface area contributed by atoms with E-state index in [1.807, 2.05) is 0 Å². The number of hydrogen-bond acceptors (Lipinski definition) is 2. The first-order chi connectivity index (χ1) is 5.71. The second-order valence-corrected chi connectivity index (χ2v) is 4.53. The van der Waals surface area contributed by atoms with Crippen LogP contribution in [0.1, 0.15) is 32.1 Å². The Balaban J connectivity index is 1.92. The number of aliphatic hydroxyl groups is 1. The molecule has 1 heterocycles. The highest BCUT2D eigenvalue weighted by Gasteiger charge is 2.41. The second kappa shape index (κ2) is 3.00. The van der Waals surface area contributed by atoms with Crippen LogP contribution < -0.4 is 0 Å². The summed E-state index contributed by atoms with van der Waals surface area (Å²) in [5.41, 5.74) is -0.287. The van der Waals surface area contributed by atoms with Gasteiger partial charge in [-0.3, -0.25) is 0 Å². The van der Waals surface area contributed by atoms with Crippen LogP contribution in [-0.4, -0.2) is 35.7 Å². The molecular weight excluding hydrogens is 150 g/mol. The molecule has 0 radical (unpaired) electrons. The predicted octanol–water partition coefficient (Wildman–Crippen LogP) is 1.24. The molecule has 0 aromatic carbocycles. The van der Waals surface area contributed by atoms with Gasteiger partial charge in [-0.15, -0.1) is 0 Å². The molecule has 0 aromatic rings. The number of nitrogens with zero attached hydrogens (tertiary/aromatic N) is 1. The molecule has 2 rings (SSSR count). The van der Waals surface area contributed by atoms with Gasteiger partial charge in [-0.05, 0) is 38.6 Å². The molecule has 0 bridgehead atoms. The molecule has 1 N–H and O–H groups in total. The largest absolute Gasteiger partial charge is 0.390 e. The molecule has 2 heteroatoms. The van der Waals surface area contributed by atoms with E-state index in [4.69, 9.17) is 0 Å². The summed E-state index contributed by atoms with van der Waals surface area (Å²) >= 11 is 0. The lowest BCUT2D eigenvalue weighted by atomic mass is 9.69. The van der Waals surface area contributed by atoms with Gasteiger partial charge < -0.3 is 10.0 Å². The summed E-state index contributed by atoms with van der Waals surface area (Å²) in [5, 5.41) is 10.3. The Bertz CT molecular complexity index is 157. The molecule has 0 amide bonds. The summed E-state index contributed by atoms with van der Waals surface area (Å²) < 4.78 is 0. The molecule has 1 saturated carbocycles. The van der Waals surface area contributed by atoms with Gasteiger partial charge in [-0.2, -0.15) is 0 Å². The van der Waals surface area contributed by atoms with Crippen molar-refractivity contribution in [3.05, 3.63) is 0 Å². The van der Waals surface area contributed by atoms with Gasteiger partial charge in [0.05, 0.1) is 5.60 Å². The van der Waals surface area contributed by atoms with Gasteiger partial charge in [0.1, 0.15) is 0 Å². The summed E-state index contributed by atoms with van der Waals surface area (Å²) in [5.74, 6) is 0.631. The Morgan fingerprint density at radius 1 is 1.25 bits per heavy atom. The maximum atomic E-state index is 10.3. The number of piperidine rings is 1. The summed E-state index contributed by atoms with van der Waals surface area (Å²) in [7, 11) is 2.14. The molecule has 0 aromatic heterocycles. The fraction of sp³-hybridized carbons (Fsp3) is 1.00. The summed E-state index contributed by atoms with van der Waals surface area (Å²) in [4.78, 5) is 2.31.